The molecule has 0 bridgehead atoms. The van der Waals surface area contributed by atoms with E-state index in [0.717, 1.165) is 0 Å². The van der Waals surface area contributed by atoms with Gasteiger partial charge in [-0.25, -0.2) is 12.7 Å². The number of amidine groups is 1. The van der Waals surface area contributed by atoms with Crippen LogP contribution in [-0.2, 0) is 10.0 Å². The lowest BCUT2D eigenvalue weighted by molar-refractivity contribution is 0.431. The van der Waals surface area contributed by atoms with E-state index in [1.807, 2.05) is 13.8 Å². The van der Waals surface area contributed by atoms with Crippen molar-refractivity contribution in [2.75, 3.05) is 18.8 Å². The van der Waals surface area contributed by atoms with E-state index in [9.17, 15) is 8.42 Å². The second-order valence-corrected chi connectivity index (χ2v) is 5.95. The molecule has 3 N–H and O–H groups in total. The zero-order chi connectivity index (χ0) is 12.1. The molecule has 5 nitrogen and oxygen atoms in total. The maximum atomic E-state index is 11.8. The van der Waals surface area contributed by atoms with Crippen LogP contribution in [0.15, 0.2) is 0 Å². The molecule has 0 aliphatic carbocycles. The largest absolute Gasteiger partial charge is 0.388 e. The van der Waals surface area contributed by atoms with Crippen molar-refractivity contribution in [1.29, 1.82) is 5.41 Å². The van der Waals surface area contributed by atoms with Crippen molar-refractivity contribution in [3.63, 3.8) is 0 Å². The number of hydrogen-bond donors (Lipinski definition) is 2. The summed E-state index contributed by atoms with van der Waals surface area (Å²) in [5.74, 6) is 0.285. The van der Waals surface area contributed by atoms with E-state index >= 15 is 0 Å². The molecule has 0 spiro atoms. The number of rotatable bonds is 7. The van der Waals surface area contributed by atoms with Gasteiger partial charge in [0.2, 0.25) is 10.0 Å². The minimum Gasteiger partial charge on any atom is -0.388 e. The summed E-state index contributed by atoms with van der Waals surface area (Å²) < 4.78 is 25.0. The van der Waals surface area contributed by atoms with Gasteiger partial charge in [0.15, 0.2) is 0 Å². The third-order valence-electron chi connectivity index (χ3n) is 1.92. The zero-order valence-corrected chi connectivity index (χ0v) is 10.5. The summed E-state index contributed by atoms with van der Waals surface area (Å²) in [4.78, 5) is 0. The topological polar surface area (TPSA) is 87.2 Å². The molecular formula is C9H21N3O2S. The van der Waals surface area contributed by atoms with Crippen LogP contribution in [-0.4, -0.2) is 37.4 Å². The van der Waals surface area contributed by atoms with Crippen LogP contribution < -0.4 is 5.73 Å². The minimum absolute atomic E-state index is 0.0215. The van der Waals surface area contributed by atoms with Gasteiger partial charge >= 0.3 is 0 Å². The summed E-state index contributed by atoms with van der Waals surface area (Å²) in [5, 5.41) is 7.07. The van der Waals surface area contributed by atoms with Crippen molar-refractivity contribution in [2.45, 2.75) is 27.2 Å². The van der Waals surface area contributed by atoms with Gasteiger partial charge in [0, 0.05) is 19.5 Å². The van der Waals surface area contributed by atoms with Crippen molar-refractivity contribution in [1.82, 2.24) is 4.31 Å². The van der Waals surface area contributed by atoms with Crippen LogP contribution in [0.25, 0.3) is 0 Å². The molecule has 0 aromatic heterocycles. The first-order chi connectivity index (χ1) is 6.79. The van der Waals surface area contributed by atoms with E-state index in [-0.39, 0.29) is 17.5 Å². The molecule has 0 saturated heterocycles. The molecule has 0 aliphatic rings. The van der Waals surface area contributed by atoms with Crippen LogP contribution in [0.4, 0.5) is 0 Å². The first kappa shape index (κ1) is 14.4. The molecule has 0 rings (SSSR count). The number of nitrogens with zero attached hydrogens (tertiary/aromatic N) is 1. The van der Waals surface area contributed by atoms with Gasteiger partial charge in [0.1, 0.15) is 0 Å². The third-order valence-corrected chi connectivity index (χ3v) is 4.24. The Bertz CT molecular complexity index is 298. The molecule has 0 radical (unpaired) electrons. The van der Waals surface area contributed by atoms with Crippen molar-refractivity contribution in [3.05, 3.63) is 0 Å². The SMILES string of the molecule is CCN(CCC(=N)N)S(=O)(=O)CC(C)C. The molecule has 0 fully saturated rings. The summed E-state index contributed by atoms with van der Waals surface area (Å²) in [5.41, 5.74) is 5.20. The Morgan fingerprint density at radius 2 is 2.00 bits per heavy atom. The van der Waals surface area contributed by atoms with Gasteiger partial charge in [0.05, 0.1) is 11.6 Å². The lowest BCUT2D eigenvalue weighted by atomic mass is 10.3. The van der Waals surface area contributed by atoms with Crippen LogP contribution in [0.3, 0.4) is 0 Å². The predicted molar refractivity (Wildman–Crippen MR) is 62.4 cm³/mol. The molecule has 0 amide bonds. The first-order valence-corrected chi connectivity index (χ1v) is 6.71. The van der Waals surface area contributed by atoms with Crippen molar-refractivity contribution >= 4 is 15.9 Å². The molecule has 0 aliphatic heterocycles. The summed E-state index contributed by atoms with van der Waals surface area (Å²) >= 11 is 0. The maximum Gasteiger partial charge on any atom is 0.214 e. The Kier molecular flexibility index (Phi) is 5.82. The summed E-state index contributed by atoms with van der Waals surface area (Å²) in [6.45, 7) is 6.27. The predicted octanol–water partition coefficient (Wildman–Crippen LogP) is 0.620. The molecule has 0 unspecified atom stereocenters. The van der Waals surface area contributed by atoms with E-state index in [1.165, 1.54) is 4.31 Å². The molecule has 15 heavy (non-hydrogen) atoms. The van der Waals surface area contributed by atoms with Crippen molar-refractivity contribution in [2.24, 2.45) is 11.7 Å². The van der Waals surface area contributed by atoms with Crippen LogP contribution >= 0.6 is 0 Å². The highest BCUT2D eigenvalue weighted by Gasteiger charge is 2.21. The van der Waals surface area contributed by atoms with Crippen LogP contribution in [0.5, 0.6) is 0 Å². The zero-order valence-electron chi connectivity index (χ0n) is 9.66. The van der Waals surface area contributed by atoms with Crippen molar-refractivity contribution < 1.29 is 8.42 Å². The lowest BCUT2D eigenvalue weighted by Gasteiger charge is -2.21. The van der Waals surface area contributed by atoms with E-state index in [1.54, 1.807) is 6.92 Å². The fourth-order valence-corrected chi connectivity index (χ4v) is 3.08. The number of nitrogens with one attached hydrogen (secondary N) is 1. The highest BCUT2D eigenvalue weighted by atomic mass is 32.2. The van der Waals surface area contributed by atoms with Gasteiger partial charge in [-0.05, 0) is 5.92 Å². The molecule has 0 aromatic carbocycles. The minimum atomic E-state index is -3.19. The summed E-state index contributed by atoms with van der Waals surface area (Å²) in [6.07, 6.45) is 0.297. The van der Waals surface area contributed by atoms with E-state index in [4.69, 9.17) is 11.1 Å². The Balaban J connectivity index is 4.45. The third kappa shape index (κ3) is 5.74. The fraction of sp³-hybridized carbons (Fsp3) is 0.889. The average Bonchev–Trinajstić information content (AvgIpc) is 2.01. The summed E-state index contributed by atoms with van der Waals surface area (Å²) in [6, 6.07) is 0. The lowest BCUT2D eigenvalue weighted by Crippen LogP contribution is -2.36. The normalized spacial score (nSPS) is 12.3. The van der Waals surface area contributed by atoms with E-state index < -0.39 is 10.0 Å². The monoisotopic (exact) mass is 235 g/mol. The van der Waals surface area contributed by atoms with E-state index in [0.29, 0.717) is 19.5 Å². The number of hydrogen-bond acceptors (Lipinski definition) is 3. The van der Waals surface area contributed by atoms with Gasteiger partial charge in [0.25, 0.3) is 0 Å². The van der Waals surface area contributed by atoms with Gasteiger partial charge in [-0.3, -0.25) is 5.41 Å². The number of sulfonamides is 1. The quantitative estimate of drug-likeness (QED) is 0.501. The Morgan fingerprint density at radius 3 is 2.33 bits per heavy atom. The Hall–Kier alpha value is -0.620. The Labute approximate surface area is 92.2 Å². The molecule has 0 aromatic rings. The highest BCUT2D eigenvalue weighted by molar-refractivity contribution is 7.89. The maximum absolute atomic E-state index is 11.8. The molecular weight excluding hydrogens is 214 g/mol. The second kappa shape index (κ2) is 6.07. The van der Waals surface area contributed by atoms with Gasteiger partial charge in [-0.1, -0.05) is 20.8 Å². The molecule has 6 heteroatoms. The summed E-state index contributed by atoms with van der Waals surface area (Å²) in [7, 11) is -3.19. The van der Waals surface area contributed by atoms with Crippen LogP contribution in [0.2, 0.25) is 0 Å². The fourth-order valence-electron chi connectivity index (χ4n) is 1.27. The molecule has 0 saturated carbocycles. The van der Waals surface area contributed by atoms with Crippen LogP contribution in [0.1, 0.15) is 27.2 Å². The first-order valence-electron chi connectivity index (χ1n) is 5.10. The molecule has 0 atom stereocenters. The molecule has 0 heterocycles. The smallest absolute Gasteiger partial charge is 0.214 e. The standard InChI is InChI=1S/C9H21N3O2S/c1-4-12(6-5-9(10)11)15(13,14)7-8(2)3/h8H,4-7H2,1-3H3,(H3,10,11). The van der Waals surface area contributed by atoms with Gasteiger partial charge in [-0.15, -0.1) is 0 Å². The van der Waals surface area contributed by atoms with E-state index in [2.05, 4.69) is 0 Å². The van der Waals surface area contributed by atoms with Gasteiger partial charge in [-0.2, -0.15) is 0 Å². The highest BCUT2D eigenvalue weighted by Crippen LogP contribution is 2.07. The van der Waals surface area contributed by atoms with Gasteiger partial charge < -0.3 is 5.73 Å². The number of nitrogens with two attached hydrogens (primary N) is 1. The molecule has 90 valence electrons. The van der Waals surface area contributed by atoms with Crippen molar-refractivity contribution in [3.8, 4) is 0 Å². The Morgan fingerprint density at radius 1 is 1.47 bits per heavy atom. The average molecular weight is 235 g/mol. The van der Waals surface area contributed by atoms with Crippen LogP contribution in [0, 0.1) is 11.3 Å². The second-order valence-electron chi connectivity index (χ2n) is 3.94.